The molecule has 6 N–H and O–H groups in total. The van der Waals surface area contributed by atoms with Crippen LogP contribution in [0.25, 0.3) is 0 Å². The molecule has 113 valence electrons. The van der Waals surface area contributed by atoms with Gasteiger partial charge in [-0.2, -0.15) is 0 Å². The SMILES string of the molecule is Cc1cccc(C(=O)N(C)c2cc[c]([Ge])cc2)c1.O.O.O. The number of carbonyl (C=O) groups is 1. The Bertz CT molecular complexity index is 572. The monoisotopic (exact) mass is 352 g/mol. The zero-order valence-electron chi connectivity index (χ0n) is 12.0. The van der Waals surface area contributed by atoms with E-state index in [0.29, 0.717) is 0 Å². The summed E-state index contributed by atoms with van der Waals surface area (Å²) in [5.74, 6) is 0.0163. The predicted octanol–water partition coefficient (Wildman–Crippen LogP) is -0.409. The van der Waals surface area contributed by atoms with Crippen molar-refractivity contribution in [2.75, 3.05) is 11.9 Å². The number of hydrogen-bond acceptors (Lipinski definition) is 1. The molecule has 0 bridgehead atoms. The van der Waals surface area contributed by atoms with Crippen LogP contribution in [0.1, 0.15) is 15.9 Å². The van der Waals surface area contributed by atoms with Gasteiger partial charge in [0.05, 0.1) is 0 Å². The molecule has 2 aromatic rings. The van der Waals surface area contributed by atoms with Crippen LogP contribution in [-0.4, -0.2) is 45.9 Å². The molecule has 3 radical (unpaired) electrons. The minimum atomic E-state index is 0. The molecule has 5 nitrogen and oxygen atoms in total. The maximum atomic E-state index is 12.3. The summed E-state index contributed by atoms with van der Waals surface area (Å²) in [7, 11) is 1.80. The number of benzene rings is 2. The molecule has 0 atom stereocenters. The molecule has 0 spiro atoms. The van der Waals surface area contributed by atoms with Crippen LogP contribution in [-0.2, 0) is 0 Å². The van der Waals surface area contributed by atoms with Gasteiger partial charge in [0, 0.05) is 0 Å². The van der Waals surface area contributed by atoms with Gasteiger partial charge in [0.15, 0.2) is 0 Å². The fourth-order valence-corrected chi connectivity index (χ4v) is 2.12. The molecule has 0 aromatic heterocycles. The molecule has 1 amide bonds. The van der Waals surface area contributed by atoms with Crippen molar-refractivity contribution in [2.24, 2.45) is 0 Å². The fourth-order valence-electron chi connectivity index (χ4n) is 1.77. The van der Waals surface area contributed by atoms with Crippen molar-refractivity contribution < 1.29 is 21.2 Å². The van der Waals surface area contributed by atoms with Gasteiger partial charge in [-0.1, -0.05) is 0 Å². The largest absolute Gasteiger partial charge is 0.412 e. The summed E-state index contributed by atoms with van der Waals surface area (Å²) >= 11 is 2.03. The summed E-state index contributed by atoms with van der Waals surface area (Å²) in [6.07, 6.45) is 0. The normalized spacial score (nSPS) is 8.71. The summed E-state index contributed by atoms with van der Waals surface area (Å²) in [5.41, 5.74) is 2.73. The van der Waals surface area contributed by atoms with Crippen LogP contribution in [0.15, 0.2) is 48.5 Å². The minimum absolute atomic E-state index is 0. The second-order valence-corrected chi connectivity index (χ2v) is 5.49. The smallest absolute Gasteiger partial charge is 0.412 e. The number of amides is 1. The van der Waals surface area contributed by atoms with Gasteiger partial charge in [0.25, 0.3) is 0 Å². The van der Waals surface area contributed by atoms with Gasteiger partial charge in [0.1, 0.15) is 0 Å². The third-order valence-electron chi connectivity index (χ3n) is 2.82. The molecular formula is C15H20GeNO4. The van der Waals surface area contributed by atoms with Crippen molar-refractivity contribution in [1.29, 1.82) is 0 Å². The standard InChI is InChI=1S/C15H14GeNO.3H2O/c1-11-4-3-5-12(10-11)15(18)17(2)14-8-6-13(16)7-9-14;;;/h3-10H,1-2H3;3*1H2. The van der Waals surface area contributed by atoms with Crippen molar-refractivity contribution in [3.8, 4) is 0 Å². The second kappa shape index (κ2) is 9.30. The van der Waals surface area contributed by atoms with Crippen LogP contribution in [0, 0.1) is 6.92 Å². The Kier molecular flexibility index (Phi) is 9.58. The molecule has 6 heteroatoms. The van der Waals surface area contributed by atoms with E-state index in [4.69, 9.17) is 0 Å². The fraction of sp³-hybridized carbons (Fsp3) is 0.133. The maximum Gasteiger partial charge on any atom is -0.412 e. The Balaban J connectivity index is 0. The van der Waals surface area contributed by atoms with E-state index in [1.54, 1.807) is 11.9 Å². The topological polar surface area (TPSA) is 115 Å². The summed E-state index contributed by atoms with van der Waals surface area (Å²) in [4.78, 5) is 14.0. The van der Waals surface area contributed by atoms with Crippen LogP contribution in [0.3, 0.4) is 0 Å². The second-order valence-electron chi connectivity index (χ2n) is 4.28. The van der Waals surface area contributed by atoms with Gasteiger partial charge in [-0.05, 0) is 0 Å². The molecule has 0 aliphatic heterocycles. The van der Waals surface area contributed by atoms with Crippen LogP contribution >= 0.6 is 0 Å². The van der Waals surface area contributed by atoms with Gasteiger partial charge in [-0.25, -0.2) is 0 Å². The molecule has 0 unspecified atom stereocenters. The zero-order chi connectivity index (χ0) is 13.1. The Morgan fingerprint density at radius 3 is 2.10 bits per heavy atom. The van der Waals surface area contributed by atoms with Gasteiger partial charge in [-0.15, -0.1) is 0 Å². The Labute approximate surface area is 132 Å². The molecule has 0 aliphatic rings. The first-order valence-corrected chi connectivity index (χ1v) is 6.79. The molecular weight excluding hydrogens is 331 g/mol. The van der Waals surface area contributed by atoms with Crippen molar-refractivity contribution in [1.82, 2.24) is 0 Å². The van der Waals surface area contributed by atoms with E-state index >= 15 is 0 Å². The van der Waals surface area contributed by atoms with Gasteiger partial charge >= 0.3 is 116 Å². The Hall–Kier alpha value is -1.67. The van der Waals surface area contributed by atoms with Crippen LogP contribution in [0.4, 0.5) is 5.69 Å². The Morgan fingerprint density at radius 2 is 1.57 bits per heavy atom. The predicted molar refractivity (Wildman–Crippen MR) is 86.6 cm³/mol. The summed E-state index contributed by atoms with van der Waals surface area (Å²) in [6, 6.07) is 15.6. The third-order valence-corrected chi connectivity index (χ3v) is 3.52. The molecule has 0 aliphatic carbocycles. The van der Waals surface area contributed by atoms with Crippen molar-refractivity contribution >= 4 is 32.5 Å². The average molecular weight is 351 g/mol. The number of nitrogens with zero attached hydrogens (tertiary/aromatic N) is 1. The van der Waals surface area contributed by atoms with Crippen LogP contribution in [0.2, 0.25) is 0 Å². The summed E-state index contributed by atoms with van der Waals surface area (Å²) in [5, 5.41) is 0. The maximum absolute atomic E-state index is 12.3. The van der Waals surface area contributed by atoms with Crippen molar-refractivity contribution in [2.45, 2.75) is 6.92 Å². The quantitative estimate of drug-likeness (QED) is 0.673. The minimum Gasteiger partial charge on any atom is -0.412 e. The van der Waals surface area contributed by atoms with Crippen LogP contribution in [0.5, 0.6) is 0 Å². The van der Waals surface area contributed by atoms with Crippen molar-refractivity contribution in [3.63, 3.8) is 0 Å². The van der Waals surface area contributed by atoms with E-state index in [1.165, 1.54) is 4.40 Å². The first-order valence-electron chi connectivity index (χ1n) is 5.74. The number of carbonyl (C=O) groups excluding carboxylic acids is 1. The molecule has 2 aromatic carbocycles. The van der Waals surface area contributed by atoms with Gasteiger partial charge < -0.3 is 16.4 Å². The summed E-state index contributed by atoms with van der Waals surface area (Å²) in [6.45, 7) is 1.99. The van der Waals surface area contributed by atoms with Gasteiger partial charge in [-0.3, -0.25) is 0 Å². The van der Waals surface area contributed by atoms with E-state index in [0.717, 1.165) is 16.8 Å². The first kappa shape index (κ1) is 21.6. The molecule has 2 rings (SSSR count). The first-order chi connectivity index (χ1) is 8.58. The van der Waals surface area contributed by atoms with E-state index in [9.17, 15) is 4.79 Å². The van der Waals surface area contributed by atoms with Gasteiger partial charge in [0.2, 0.25) is 0 Å². The number of aryl methyl sites for hydroxylation is 1. The molecule has 0 saturated carbocycles. The molecule has 0 fully saturated rings. The molecule has 21 heavy (non-hydrogen) atoms. The number of rotatable bonds is 2. The summed E-state index contributed by atoms with van der Waals surface area (Å²) < 4.78 is 1.19. The Morgan fingerprint density at radius 1 is 1.00 bits per heavy atom. The molecule has 0 heterocycles. The number of anilines is 1. The zero-order valence-corrected chi connectivity index (χ0v) is 14.1. The van der Waals surface area contributed by atoms with Crippen molar-refractivity contribution in [3.05, 3.63) is 59.7 Å². The van der Waals surface area contributed by atoms with E-state index in [2.05, 4.69) is 0 Å². The average Bonchev–Trinajstić information content (AvgIpc) is 2.38. The van der Waals surface area contributed by atoms with Crippen LogP contribution < -0.4 is 9.30 Å². The van der Waals surface area contributed by atoms with E-state index in [-0.39, 0.29) is 22.3 Å². The third kappa shape index (κ3) is 5.32. The van der Waals surface area contributed by atoms with E-state index in [1.807, 2.05) is 72.0 Å². The number of hydrogen-bond donors (Lipinski definition) is 0. The molecule has 0 saturated heterocycles. The van der Waals surface area contributed by atoms with E-state index < -0.39 is 0 Å².